The van der Waals surface area contributed by atoms with E-state index in [4.69, 9.17) is 0 Å². The molecule has 1 N–H and O–H groups in total. The minimum atomic E-state index is 0.668. The van der Waals surface area contributed by atoms with Gasteiger partial charge in [-0.1, -0.05) is 20.3 Å². The zero-order valence-corrected chi connectivity index (χ0v) is 10.9. The largest absolute Gasteiger partial charge is 0.314 e. The first-order valence-corrected chi connectivity index (χ1v) is 6.58. The van der Waals surface area contributed by atoms with Crippen molar-refractivity contribution in [3.63, 3.8) is 0 Å². The Kier molecular flexibility index (Phi) is 5.62. The van der Waals surface area contributed by atoms with Crippen molar-refractivity contribution < 1.29 is 0 Å². The molecule has 3 atom stereocenters. The van der Waals surface area contributed by atoms with Crippen LogP contribution < -0.4 is 5.32 Å². The number of nitrogens with one attached hydrogen (secondary N) is 1. The summed E-state index contributed by atoms with van der Waals surface area (Å²) in [5.41, 5.74) is 0. The van der Waals surface area contributed by atoms with Crippen LogP contribution in [0.4, 0.5) is 0 Å². The van der Waals surface area contributed by atoms with E-state index in [1.807, 2.05) is 0 Å². The van der Waals surface area contributed by atoms with E-state index >= 15 is 0 Å². The highest BCUT2D eigenvalue weighted by molar-refractivity contribution is 4.77. The van der Waals surface area contributed by atoms with Crippen LogP contribution in [0.5, 0.6) is 0 Å². The molecule has 0 amide bonds. The summed E-state index contributed by atoms with van der Waals surface area (Å²) >= 11 is 0. The molecule has 0 aliphatic carbocycles. The van der Waals surface area contributed by atoms with Crippen molar-refractivity contribution in [3.05, 3.63) is 0 Å². The fourth-order valence-corrected chi connectivity index (χ4v) is 2.38. The number of nitrogens with zero attached hydrogens (tertiary/aromatic N) is 1. The minimum absolute atomic E-state index is 0.668. The monoisotopic (exact) mass is 212 g/mol. The third kappa shape index (κ3) is 4.12. The normalized spacial score (nSPS) is 26.8. The average Bonchev–Trinajstić information content (AvgIpc) is 2.63. The summed E-state index contributed by atoms with van der Waals surface area (Å²) in [6.07, 6.45) is 5.38. The molecular formula is C13H28N2. The van der Waals surface area contributed by atoms with Crippen molar-refractivity contribution in [2.24, 2.45) is 5.92 Å². The quantitative estimate of drug-likeness (QED) is 0.728. The van der Waals surface area contributed by atoms with Crippen molar-refractivity contribution in [3.8, 4) is 0 Å². The summed E-state index contributed by atoms with van der Waals surface area (Å²) < 4.78 is 0. The Labute approximate surface area is 95.4 Å². The summed E-state index contributed by atoms with van der Waals surface area (Å²) in [7, 11) is 2.26. The van der Waals surface area contributed by atoms with Crippen LogP contribution in [0.2, 0.25) is 0 Å². The summed E-state index contributed by atoms with van der Waals surface area (Å²) in [6, 6.07) is 1.50. The van der Waals surface area contributed by atoms with Gasteiger partial charge < -0.3 is 10.2 Å². The van der Waals surface area contributed by atoms with Gasteiger partial charge in [0.25, 0.3) is 0 Å². The number of rotatable bonds is 6. The molecule has 2 nitrogen and oxygen atoms in total. The number of hydrogen-bond acceptors (Lipinski definition) is 2. The van der Waals surface area contributed by atoms with Crippen LogP contribution >= 0.6 is 0 Å². The highest BCUT2D eigenvalue weighted by Gasteiger charge is 2.20. The molecule has 15 heavy (non-hydrogen) atoms. The van der Waals surface area contributed by atoms with Crippen molar-refractivity contribution in [1.82, 2.24) is 10.2 Å². The molecule has 0 saturated carbocycles. The molecule has 1 heterocycles. The zero-order valence-electron chi connectivity index (χ0n) is 10.9. The Morgan fingerprint density at radius 2 is 2.13 bits per heavy atom. The van der Waals surface area contributed by atoms with Gasteiger partial charge in [-0.25, -0.2) is 0 Å². The summed E-state index contributed by atoms with van der Waals surface area (Å²) in [6.45, 7) is 9.39. The maximum Gasteiger partial charge on any atom is 0.0105 e. The van der Waals surface area contributed by atoms with Gasteiger partial charge in [-0.2, -0.15) is 0 Å². The van der Waals surface area contributed by atoms with Crippen molar-refractivity contribution in [1.29, 1.82) is 0 Å². The second-order valence-corrected chi connectivity index (χ2v) is 5.19. The lowest BCUT2D eigenvalue weighted by molar-refractivity contribution is 0.284. The van der Waals surface area contributed by atoms with Crippen LogP contribution in [-0.2, 0) is 0 Å². The lowest BCUT2D eigenvalue weighted by atomic mass is 10.0. The molecular weight excluding hydrogens is 184 g/mol. The SMILES string of the molecule is CC[C@H](C)[C@H](C)NCC[C@H]1CCCN1C. The smallest absolute Gasteiger partial charge is 0.0105 e. The highest BCUT2D eigenvalue weighted by Crippen LogP contribution is 2.17. The lowest BCUT2D eigenvalue weighted by Crippen LogP contribution is -2.35. The Balaban J connectivity index is 2.10. The van der Waals surface area contributed by atoms with Gasteiger partial charge in [-0.3, -0.25) is 0 Å². The Morgan fingerprint density at radius 3 is 2.67 bits per heavy atom. The molecule has 0 radical (unpaired) electrons. The molecule has 0 unspecified atom stereocenters. The lowest BCUT2D eigenvalue weighted by Gasteiger charge is -2.23. The average molecular weight is 212 g/mol. The molecule has 2 heteroatoms. The Morgan fingerprint density at radius 1 is 1.40 bits per heavy atom. The highest BCUT2D eigenvalue weighted by atomic mass is 15.1. The van der Waals surface area contributed by atoms with Gasteiger partial charge in [0, 0.05) is 12.1 Å². The first kappa shape index (κ1) is 13.0. The molecule has 1 saturated heterocycles. The van der Waals surface area contributed by atoms with E-state index in [0.29, 0.717) is 6.04 Å². The van der Waals surface area contributed by atoms with Crippen LogP contribution in [0.1, 0.15) is 46.5 Å². The summed E-state index contributed by atoms with van der Waals surface area (Å²) in [5, 5.41) is 3.65. The Bertz CT molecular complexity index is 170. The molecule has 0 spiro atoms. The van der Waals surface area contributed by atoms with Crippen molar-refractivity contribution >= 4 is 0 Å². The minimum Gasteiger partial charge on any atom is -0.314 e. The van der Waals surface area contributed by atoms with Crippen LogP contribution in [0.15, 0.2) is 0 Å². The number of likely N-dealkylation sites (tertiary alicyclic amines) is 1. The topological polar surface area (TPSA) is 15.3 Å². The molecule has 90 valence electrons. The first-order chi connectivity index (χ1) is 7.15. The molecule has 0 aromatic carbocycles. The molecule has 1 fully saturated rings. The molecule has 1 aliphatic heterocycles. The van der Waals surface area contributed by atoms with E-state index in [1.165, 1.54) is 38.8 Å². The van der Waals surface area contributed by atoms with Gasteiger partial charge in [-0.05, 0) is 52.2 Å². The van der Waals surface area contributed by atoms with Crippen LogP contribution in [0, 0.1) is 5.92 Å². The third-order valence-electron chi connectivity index (χ3n) is 4.11. The van der Waals surface area contributed by atoms with E-state index in [0.717, 1.165) is 12.0 Å². The standard InChI is InChI=1S/C13H28N2/c1-5-11(2)12(3)14-9-8-13-7-6-10-15(13)4/h11-14H,5-10H2,1-4H3/t11-,12-,13+/m0/s1. The van der Waals surface area contributed by atoms with E-state index in [1.54, 1.807) is 0 Å². The van der Waals surface area contributed by atoms with Gasteiger partial charge in [0.15, 0.2) is 0 Å². The predicted octanol–water partition coefficient (Wildman–Crippen LogP) is 2.49. The second kappa shape index (κ2) is 6.49. The van der Waals surface area contributed by atoms with Gasteiger partial charge in [0.05, 0.1) is 0 Å². The van der Waals surface area contributed by atoms with Crippen molar-refractivity contribution in [2.75, 3.05) is 20.1 Å². The maximum atomic E-state index is 3.65. The molecule has 1 rings (SSSR count). The molecule has 0 bridgehead atoms. The fourth-order valence-electron chi connectivity index (χ4n) is 2.38. The predicted molar refractivity (Wildman–Crippen MR) is 67.2 cm³/mol. The Hall–Kier alpha value is -0.0800. The fraction of sp³-hybridized carbons (Fsp3) is 1.00. The van der Waals surface area contributed by atoms with Crippen molar-refractivity contribution in [2.45, 2.75) is 58.5 Å². The maximum absolute atomic E-state index is 3.65. The second-order valence-electron chi connectivity index (χ2n) is 5.19. The molecule has 0 aromatic rings. The molecule has 0 aromatic heterocycles. The van der Waals surface area contributed by atoms with E-state index in [2.05, 4.69) is 38.0 Å². The van der Waals surface area contributed by atoms with Crippen LogP contribution in [-0.4, -0.2) is 37.1 Å². The zero-order chi connectivity index (χ0) is 11.3. The summed E-state index contributed by atoms with van der Waals surface area (Å²) in [5.74, 6) is 0.798. The van der Waals surface area contributed by atoms with Gasteiger partial charge >= 0.3 is 0 Å². The summed E-state index contributed by atoms with van der Waals surface area (Å²) in [4.78, 5) is 2.51. The van der Waals surface area contributed by atoms with Gasteiger partial charge in [0.1, 0.15) is 0 Å². The third-order valence-corrected chi connectivity index (χ3v) is 4.11. The van der Waals surface area contributed by atoms with Gasteiger partial charge in [0.2, 0.25) is 0 Å². The first-order valence-electron chi connectivity index (χ1n) is 6.58. The van der Waals surface area contributed by atoms with Crippen LogP contribution in [0.25, 0.3) is 0 Å². The van der Waals surface area contributed by atoms with E-state index in [-0.39, 0.29) is 0 Å². The van der Waals surface area contributed by atoms with Gasteiger partial charge in [-0.15, -0.1) is 0 Å². The molecule has 1 aliphatic rings. The van der Waals surface area contributed by atoms with E-state index < -0.39 is 0 Å². The van der Waals surface area contributed by atoms with Crippen LogP contribution in [0.3, 0.4) is 0 Å². The number of hydrogen-bond donors (Lipinski definition) is 1. The van der Waals surface area contributed by atoms with E-state index in [9.17, 15) is 0 Å².